The summed E-state index contributed by atoms with van der Waals surface area (Å²) in [6.45, 7) is 2.42. The van der Waals surface area contributed by atoms with Crippen LogP contribution in [-0.2, 0) is 9.59 Å². The molecule has 2 amide bonds. The molecule has 2 aliphatic heterocycles. The summed E-state index contributed by atoms with van der Waals surface area (Å²) in [5.41, 5.74) is 8.15. The normalized spacial score (nSPS) is 29.5. The first kappa shape index (κ1) is 10.9. The second-order valence-electron chi connectivity index (χ2n) is 4.11. The summed E-state index contributed by atoms with van der Waals surface area (Å²) in [4.78, 5) is 27.6. The molecule has 1 N–H and O–H groups in total. The number of nitrogens with zero attached hydrogens (tertiary/aromatic N) is 4. The summed E-state index contributed by atoms with van der Waals surface area (Å²) in [5, 5.41) is 5.82. The summed E-state index contributed by atoms with van der Waals surface area (Å²) < 4.78 is 0. The van der Waals surface area contributed by atoms with Crippen molar-refractivity contribution in [2.45, 2.75) is 6.42 Å². The largest absolute Gasteiger partial charge is 0.302 e. The number of amides is 2. The number of fused-ring (bicyclic) bond motifs is 1. The first-order chi connectivity index (χ1) is 7.72. The van der Waals surface area contributed by atoms with E-state index < -0.39 is 0 Å². The monoisotopic (exact) mass is 223 g/mol. The molecule has 2 unspecified atom stereocenters. The molecule has 7 heteroatoms. The highest BCUT2D eigenvalue weighted by Crippen LogP contribution is 2.28. The second-order valence-corrected chi connectivity index (χ2v) is 4.11. The van der Waals surface area contributed by atoms with Crippen LogP contribution in [0, 0.1) is 11.8 Å². The van der Waals surface area contributed by atoms with Crippen LogP contribution < -0.4 is 5.32 Å². The van der Waals surface area contributed by atoms with Gasteiger partial charge in [-0.15, -0.1) is 0 Å². The summed E-state index contributed by atoms with van der Waals surface area (Å²) in [7, 11) is 0. The number of carbonyl (C=O) groups is 2. The molecule has 2 heterocycles. The van der Waals surface area contributed by atoms with Crippen LogP contribution >= 0.6 is 0 Å². The summed E-state index contributed by atoms with van der Waals surface area (Å²) in [6, 6.07) is 0. The fourth-order valence-corrected chi connectivity index (χ4v) is 2.34. The van der Waals surface area contributed by atoms with E-state index in [-0.39, 0.29) is 23.7 Å². The van der Waals surface area contributed by atoms with Crippen LogP contribution in [-0.4, -0.2) is 42.9 Å². The number of carbonyl (C=O) groups excluding carboxylic acids is 2. The van der Waals surface area contributed by atoms with Gasteiger partial charge >= 0.3 is 0 Å². The topological polar surface area (TPSA) is 98.2 Å². The van der Waals surface area contributed by atoms with Gasteiger partial charge in [0.2, 0.25) is 11.8 Å². The lowest BCUT2D eigenvalue weighted by Gasteiger charge is -2.31. The molecule has 2 rings (SSSR count). The third kappa shape index (κ3) is 2.00. The van der Waals surface area contributed by atoms with Gasteiger partial charge in [0.05, 0.1) is 11.8 Å². The molecular formula is C9H13N5O2. The zero-order chi connectivity index (χ0) is 11.5. The first-order valence-electron chi connectivity index (χ1n) is 5.30. The van der Waals surface area contributed by atoms with Gasteiger partial charge in [-0.2, -0.15) is 0 Å². The van der Waals surface area contributed by atoms with Crippen molar-refractivity contribution in [3.63, 3.8) is 0 Å². The van der Waals surface area contributed by atoms with E-state index in [2.05, 4.69) is 20.2 Å². The molecule has 0 aromatic carbocycles. The van der Waals surface area contributed by atoms with Gasteiger partial charge in [0.15, 0.2) is 0 Å². The number of azide groups is 1. The number of piperidine rings is 1. The van der Waals surface area contributed by atoms with E-state index in [0.29, 0.717) is 26.1 Å². The molecular weight excluding hydrogens is 210 g/mol. The Morgan fingerprint density at radius 1 is 1.44 bits per heavy atom. The van der Waals surface area contributed by atoms with Gasteiger partial charge in [0.1, 0.15) is 0 Å². The van der Waals surface area contributed by atoms with E-state index in [4.69, 9.17) is 5.53 Å². The number of likely N-dealkylation sites (tertiary alicyclic amines) is 1. The lowest BCUT2D eigenvalue weighted by Crippen LogP contribution is -2.42. The van der Waals surface area contributed by atoms with Gasteiger partial charge in [-0.25, -0.2) is 0 Å². The quantitative estimate of drug-likeness (QED) is 0.313. The molecule has 0 aromatic heterocycles. The maximum absolute atomic E-state index is 11.5. The van der Waals surface area contributed by atoms with Gasteiger partial charge < -0.3 is 4.90 Å². The highest BCUT2D eigenvalue weighted by Gasteiger charge is 2.44. The molecule has 16 heavy (non-hydrogen) atoms. The van der Waals surface area contributed by atoms with E-state index in [1.807, 2.05) is 0 Å². The lowest BCUT2D eigenvalue weighted by molar-refractivity contribution is -0.126. The maximum atomic E-state index is 11.5. The third-order valence-electron chi connectivity index (χ3n) is 3.20. The Balaban J connectivity index is 1.92. The average molecular weight is 223 g/mol. The van der Waals surface area contributed by atoms with Crippen molar-refractivity contribution in [1.29, 1.82) is 0 Å². The highest BCUT2D eigenvalue weighted by molar-refractivity contribution is 6.05. The molecule has 86 valence electrons. The molecule has 0 spiro atoms. The third-order valence-corrected chi connectivity index (χ3v) is 3.20. The summed E-state index contributed by atoms with van der Waals surface area (Å²) in [6.07, 6.45) is 0.707. The Hall–Kier alpha value is -1.59. The second kappa shape index (κ2) is 4.51. The van der Waals surface area contributed by atoms with Crippen LogP contribution in [0.2, 0.25) is 0 Å². The van der Waals surface area contributed by atoms with E-state index in [1.54, 1.807) is 0 Å². The molecule has 2 saturated heterocycles. The van der Waals surface area contributed by atoms with Crippen molar-refractivity contribution in [1.82, 2.24) is 10.2 Å². The van der Waals surface area contributed by atoms with Crippen LogP contribution in [0.5, 0.6) is 0 Å². The van der Waals surface area contributed by atoms with Crippen molar-refractivity contribution >= 4 is 11.8 Å². The molecule has 0 aliphatic carbocycles. The molecule has 2 aliphatic rings. The highest BCUT2D eigenvalue weighted by atomic mass is 16.2. The Morgan fingerprint density at radius 2 is 2.19 bits per heavy atom. The zero-order valence-electron chi connectivity index (χ0n) is 8.80. The smallest absolute Gasteiger partial charge is 0.231 e. The fourth-order valence-electron chi connectivity index (χ4n) is 2.34. The standard InChI is InChI=1S/C9H13N5O2/c10-13-11-2-4-14-3-1-6-7(5-14)9(16)12-8(6)15/h6-7H,1-5H2,(H,12,15,16). The Labute approximate surface area is 92.4 Å². The van der Waals surface area contributed by atoms with Crippen LogP contribution in [0.1, 0.15) is 6.42 Å². The predicted molar refractivity (Wildman–Crippen MR) is 55.2 cm³/mol. The summed E-state index contributed by atoms with van der Waals surface area (Å²) in [5.74, 6) is -0.663. The Kier molecular flexibility index (Phi) is 3.07. The molecule has 0 saturated carbocycles. The molecule has 0 aromatic rings. The minimum absolute atomic E-state index is 0.135. The van der Waals surface area contributed by atoms with Gasteiger partial charge in [-0.3, -0.25) is 14.9 Å². The van der Waals surface area contributed by atoms with E-state index >= 15 is 0 Å². The minimum Gasteiger partial charge on any atom is -0.302 e. The Bertz CT molecular complexity index is 363. The van der Waals surface area contributed by atoms with Crippen molar-refractivity contribution in [2.75, 3.05) is 26.2 Å². The number of rotatable bonds is 3. The van der Waals surface area contributed by atoms with Crippen molar-refractivity contribution in [3.8, 4) is 0 Å². The number of imide groups is 1. The van der Waals surface area contributed by atoms with Crippen LogP contribution in [0.15, 0.2) is 5.11 Å². The number of nitrogens with one attached hydrogen (secondary N) is 1. The van der Waals surface area contributed by atoms with E-state index in [9.17, 15) is 9.59 Å². The van der Waals surface area contributed by atoms with Crippen molar-refractivity contribution in [2.24, 2.45) is 17.0 Å². The first-order valence-corrected chi connectivity index (χ1v) is 5.30. The Morgan fingerprint density at radius 3 is 2.94 bits per heavy atom. The van der Waals surface area contributed by atoms with Gasteiger partial charge in [-0.1, -0.05) is 5.11 Å². The van der Waals surface area contributed by atoms with Crippen LogP contribution in [0.4, 0.5) is 0 Å². The van der Waals surface area contributed by atoms with Crippen LogP contribution in [0.25, 0.3) is 10.4 Å². The van der Waals surface area contributed by atoms with Crippen molar-refractivity contribution in [3.05, 3.63) is 10.4 Å². The predicted octanol–water partition coefficient (Wildman–Crippen LogP) is -0.109. The number of hydrogen-bond donors (Lipinski definition) is 1. The molecule has 2 fully saturated rings. The molecule has 2 atom stereocenters. The fraction of sp³-hybridized carbons (Fsp3) is 0.778. The van der Waals surface area contributed by atoms with E-state index in [0.717, 1.165) is 6.54 Å². The van der Waals surface area contributed by atoms with Gasteiger partial charge in [0.25, 0.3) is 0 Å². The zero-order valence-corrected chi connectivity index (χ0v) is 8.80. The SMILES string of the molecule is [N-]=[N+]=NCCN1CCC2C(=O)NC(=O)C2C1. The molecule has 7 nitrogen and oxygen atoms in total. The van der Waals surface area contributed by atoms with Gasteiger partial charge in [-0.05, 0) is 18.5 Å². The number of hydrogen-bond acceptors (Lipinski definition) is 4. The average Bonchev–Trinajstić information content (AvgIpc) is 2.55. The van der Waals surface area contributed by atoms with Crippen LogP contribution in [0.3, 0.4) is 0 Å². The minimum atomic E-state index is -0.215. The molecule has 0 radical (unpaired) electrons. The maximum Gasteiger partial charge on any atom is 0.231 e. The summed E-state index contributed by atoms with van der Waals surface area (Å²) >= 11 is 0. The molecule has 0 bridgehead atoms. The lowest BCUT2D eigenvalue weighted by atomic mass is 9.88. The van der Waals surface area contributed by atoms with E-state index in [1.165, 1.54) is 0 Å². The van der Waals surface area contributed by atoms with Gasteiger partial charge in [0, 0.05) is 24.5 Å². The van der Waals surface area contributed by atoms with Crippen molar-refractivity contribution < 1.29 is 9.59 Å².